The van der Waals surface area contributed by atoms with Gasteiger partial charge in [0.25, 0.3) is 5.56 Å². The third kappa shape index (κ3) is 5.07. The van der Waals surface area contributed by atoms with Crippen LogP contribution in [-0.4, -0.2) is 53.0 Å². The van der Waals surface area contributed by atoms with Crippen LogP contribution in [0.15, 0.2) is 38.8 Å². The van der Waals surface area contributed by atoms with Crippen LogP contribution in [0.1, 0.15) is 17.5 Å². The van der Waals surface area contributed by atoms with E-state index < -0.39 is 28.9 Å². The fourth-order valence-electron chi connectivity index (χ4n) is 2.35. The SMILES string of the molecule is CN(C)CCCN=Cc1c(O)n(-c2cccc(C(F)(F)F)c2)c(=O)[nH]c1=O. The summed E-state index contributed by atoms with van der Waals surface area (Å²) in [5.41, 5.74) is -3.46. The molecule has 2 rings (SSSR count). The van der Waals surface area contributed by atoms with Gasteiger partial charge < -0.3 is 10.0 Å². The molecule has 1 aromatic heterocycles. The molecular weight excluding hydrogens is 365 g/mol. The van der Waals surface area contributed by atoms with Gasteiger partial charge in [0.15, 0.2) is 0 Å². The minimum absolute atomic E-state index is 0.231. The lowest BCUT2D eigenvalue weighted by Gasteiger charge is -2.12. The van der Waals surface area contributed by atoms with E-state index in [-0.39, 0.29) is 11.3 Å². The number of aromatic nitrogens is 2. The van der Waals surface area contributed by atoms with Crippen LogP contribution in [0.5, 0.6) is 5.88 Å². The highest BCUT2D eigenvalue weighted by molar-refractivity contribution is 5.82. The Bertz CT molecular complexity index is 946. The van der Waals surface area contributed by atoms with Gasteiger partial charge in [0, 0.05) is 12.8 Å². The number of hydrogen-bond acceptors (Lipinski definition) is 5. The van der Waals surface area contributed by atoms with Crippen LogP contribution in [0.25, 0.3) is 5.69 Å². The first kappa shape index (κ1) is 20.4. The van der Waals surface area contributed by atoms with Crippen LogP contribution in [-0.2, 0) is 6.18 Å². The Morgan fingerprint density at radius 3 is 2.63 bits per heavy atom. The van der Waals surface area contributed by atoms with Gasteiger partial charge in [-0.15, -0.1) is 0 Å². The Kier molecular flexibility index (Phi) is 6.21. The Labute approximate surface area is 152 Å². The topological polar surface area (TPSA) is 90.7 Å². The van der Waals surface area contributed by atoms with E-state index in [4.69, 9.17) is 0 Å². The van der Waals surface area contributed by atoms with E-state index in [0.717, 1.165) is 24.9 Å². The van der Waals surface area contributed by atoms with Crippen molar-refractivity contribution in [3.05, 3.63) is 56.2 Å². The smallest absolute Gasteiger partial charge is 0.416 e. The molecule has 1 aromatic carbocycles. The second-order valence-electron chi connectivity index (χ2n) is 6.07. The van der Waals surface area contributed by atoms with Gasteiger partial charge in [-0.05, 0) is 45.3 Å². The number of rotatable bonds is 6. The molecule has 0 amide bonds. The monoisotopic (exact) mass is 384 g/mol. The van der Waals surface area contributed by atoms with Gasteiger partial charge in [0.1, 0.15) is 5.56 Å². The molecule has 0 saturated carbocycles. The summed E-state index contributed by atoms with van der Waals surface area (Å²) in [6, 6.07) is 3.86. The van der Waals surface area contributed by atoms with Crippen LogP contribution < -0.4 is 11.2 Å². The number of aromatic amines is 1. The van der Waals surface area contributed by atoms with Crippen LogP contribution in [0.3, 0.4) is 0 Å². The van der Waals surface area contributed by atoms with Crippen LogP contribution in [0.2, 0.25) is 0 Å². The summed E-state index contributed by atoms with van der Waals surface area (Å²) in [7, 11) is 3.79. The molecular formula is C17H19F3N4O3. The number of hydrogen-bond donors (Lipinski definition) is 2. The molecule has 0 spiro atoms. The molecule has 0 aliphatic carbocycles. The van der Waals surface area contributed by atoms with Crippen molar-refractivity contribution in [3.8, 4) is 11.6 Å². The molecule has 10 heteroatoms. The van der Waals surface area contributed by atoms with E-state index in [1.165, 1.54) is 6.07 Å². The summed E-state index contributed by atoms with van der Waals surface area (Å²) in [6.07, 6.45) is -2.81. The molecule has 0 bridgehead atoms. The quantitative estimate of drug-likeness (QED) is 0.585. The predicted octanol–water partition coefficient (Wildman–Crippen LogP) is 1.62. The minimum atomic E-state index is -4.62. The first-order chi connectivity index (χ1) is 12.6. The number of H-pyrrole nitrogens is 1. The third-order valence-corrected chi connectivity index (χ3v) is 3.67. The van der Waals surface area contributed by atoms with Crippen molar-refractivity contribution in [2.75, 3.05) is 27.2 Å². The molecule has 0 unspecified atom stereocenters. The number of nitrogens with zero attached hydrogens (tertiary/aromatic N) is 3. The minimum Gasteiger partial charge on any atom is -0.493 e. The number of nitrogens with one attached hydrogen (secondary N) is 1. The summed E-state index contributed by atoms with van der Waals surface area (Å²) in [5.74, 6) is -0.778. The molecule has 0 aliphatic heterocycles. The van der Waals surface area contributed by atoms with Crippen molar-refractivity contribution in [3.63, 3.8) is 0 Å². The number of halogens is 3. The molecule has 0 aliphatic rings. The average Bonchev–Trinajstić information content (AvgIpc) is 2.56. The fourth-order valence-corrected chi connectivity index (χ4v) is 2.35. The molecule has 1 heterocycles. The van der Waals surface area contributed by atoms with E-state index in [1.807, 2.05) is 24.0 Å². The van der Waals surface area contributed by atoms with Gasteiger partial charge in [0.05, 0.1) is 11.3 Å². The molecule has 27 heavy (non-hydrogen) atoms. The summed E-state index contributed by atoms with van der Waals surface area (Å²) >= 11 is 0. The van der Waals surface area contributed by atoms with E-state index in [1.54, 1.807) is 0 Å². The summed E-state index contributed by atoms with van der Waals surface area (Å²) in [5, 5.41) is 10.3. The maximum Gasteiger partial charge on any atom is 0.416 e. The van der Waals surface area contributed by atoms with E-state index >= 15 is 0 Å². The fraction of sp³-hybridized carbons (Fsp3) is 0.353. The molecule has 0 saturated heterocycles. The van der Waals surface area contributed by atoms with Crippen molar-refractivity contribution in [1.82, 2.24) is 14.5 Å². The number of aromatic hydroxyl groups is 1. The Morgan fingerprint density at radius 2 is 2.00 bits per heavy atom. The standard InChI is InChI=1S/C17H19F3N4O3/c1-23(2)8-4-7-21-10-13-14(25)22-16(27)24(15(13)26)12-6-3-5-11(9-12)17(18,19)20/h3,5-6,9-10,26H,4,7-8H2,1-2H3,(H,22,25,27). The zero-order valence-electron chi connectivity index (χ0n) is 14.7. The molecule has 146 valence electrons. The Balaban J connectivity index is 2.43. The van der Waals surface area contributed by atoms with Crippen molar-refractivity contribution in [1.29, 1.82) is 0 Å². The number of aliphatic imine (C=N–C) groups is 1. The molecule has 2 aromatic rings. The highest BCUT2D eigenvalue weighted by Gasteiger charge is 2.30. The summed E-state index contributed by atoms with van der Waals surface area (Å²) < 4.78 is 39.3. The summed E-state index contributed by atoms with van der Waals surface area (Å²) in [4.78, 5) is 31.9. The number of alkyl halides is 3. The van der Waals surface area contributed by atoms with Gasteiger partial charge in [-0.3, -0.25) is 14.8 Å². The Morgan fingerprint density at radius 1 is 1.30 bits per heavy atom. The van der Waals surface area contributed by atoms with Crippen LogP contribution in [0, 0.1) is 0 Å². The van der Waals surface area contributed by atoms with Crippen molar-refractivity contribution in [2.45, 2.75) is 12.6 Å². The van der Waals surface area contributed by atoms with Gasteiger partial charge in [-0.25, -0.2) is 9.36 Å². The van der Waals surface area contributed by atoms with Crippen molar-refractivity contribution in [2.24, 2.45) is 4.99 Å². The second-order valence-corrected chi connectivity index (χ2v) is 6.07. The second kappa shape index (κ2) is 8.21. The molecule has 0 radical (unpaired) electrons. The highest BCUT2D eigenvalue weighted by Crippen LogP contribution is 2.30. The largest absolute Gasteiger partial charge is 0.493 e. The first-order valence-electron chi connectivity index (χ1n) is 8.01. The van der Waals surface area contributed by atoms with Gasteiger partial charge in [-0.1, -0.05) is 6.07 Å². The average molecular weight is 384 g/mol. The van der Waals surface area contributed by atoms with Gasteiger partial charge in [0.2, 0.25) is 5.88 Å². The Hall–Kier alpha value is -2.88. The molecule has 2 N–H and O–H groups in total. The maximum absolute atomic E-state index is 12.9. The lowest BCUT2D eigenvalue weighted by molar-refractivity contribution is -0.137. The van der Waals surface area contributed by atoms with Crippen molar-refractivity contribution >= 4 is 6.21 Å². The van der Waals surface area contributed by atoms with Gasteiger partial charge in [-0.2, -0.15) is 13.2 Å². The van der Waals surface area contributed by atoms with E-state index in [0.29, 0.717) is 23.6 Å². The maximum atomic E-state index is 12.9. The zero-order chi connectivity index (χ0) is 20.2. The predicted molar refractivity (Wildman–Crippen MR) is 95.0 cm³/mol. The highest BCUT2D eigenvalue weighted by atomic mass is 19.4. The van der Waals surface area contributed by atoms with E-state index in [9.17, 15) is 27.9 Å². The van der Waals surface area contributed by atoms with E-state index in [2.05, 4.69) is 4.99 Å². The van der Waals surface area contributed by atoms with Crippen LogP contribution >= 0.6 is 0 Å². The van der Waals surface area contributed by atoms with Crippen molar-refractivity contribution < 1.29 is 18.3 Å². The van der Waals surface area contributed by atoms with Crippen LogP contribution in [0.4, 0.5) is 13.2 Å². The molecule has 0 atom stereocenters. The molecule has 0 fully saturated rings. The third-order valence-electron chi connectivity index (χ3n) is 3.67. The first-order valence-corrected chi connectivity index (χ1v) is 8.01. The lowest BCUT2D eigenvalue weighted by Crippen LogP contribution is -2.31. The molecule has 7 nitrogen and oxygen atoms in total. The normalized spacial score (nSPS) is 12.2. The zero-order valence-corrected chi connectivity index (χ0v) is 14.7. The number of benzene rings is 1. The van der Waals surface area contributed by atoms with Gasteiger partial charge >= 0.3 is 11.9 Å². The lowest BCUT2D eigenvalue weighted by atomic mass is 10.2. The summed E-state index contributed by atoms with van der Waals surface area (Å²) in [6.45, 7) is 1.14.